The van der Waals surface area contributed by atoms with Gasteiger partial charge in [0.15, 0.2) is 0 Å². The Kier molecular flexibility index (Phi) is 5.94. The fourth-order valence-electron chi connectivity index (χ4n) is 2.44. The summed E-state index contributed by atoms with van der Waals surface area (Å²) in [6.07, 6.45) is -0.369. The van der Waals surface area contributed by atoms with Gasteiger partial charge >= 0.3 is 6.09 Å². The first kappa shape index (κ1) is 19.1. The molecule has 138 valence electrons. The Morgan fingerprint density at radius 1 is 1.08 bits per heavy atom. The van der Waals surface area contributed by atoms with Gasteiger partial charge < -0.3 is 15.0 Å². The number of anilines is 1. The molecular formula is C17H23F2N3O3. The molecule has 0 radical (unpaired) electrons. The molecule has 1 aliphatic rings. The highest BCUT2D eigenvalue weighted by atomic mass is 19.1. The zero-order chi connectivity index (χ0) is 18.6. The summed E-state index contributed by atoms with van der Waals surface area (Å²) in [5, 5.41) is 2.47. The summed E-state index contributed by atoms with van der Waals surface area (Å²) in [7, 11) is 0. The van der Waals surface area contributed by atoms with Crippen molar-refractivity contribution in [3.05, 3.63) is 29.8 Å². The number of benzene rings is 1. The van der Waals surface area contributed by atoms with Crippen molar-refractivity contribution < 1.29 is 23.1 Å². The highest BCUT2D eigenvalue weighted by Crippen LogP contribution is 2.14. The minimum absolute atomic E-state index is 0.0786. The second-order valence-electron chi connectivity index (χ2n) is 6.95. The van der Waals surface area contributed by atoms with E-state index in [1.54, 1.807) is 25.7 Å². The van der Waals surface area contributed by atoms with Crippen LogP contribution in [0.1, 0.15) is 20.8 Å². The van der Waals surface area contributed by atoms with Crippen LogP contribution in [0.4, 0.5) is 19.3 Å². The number of hydrogen-bond donors (Lipinski definition) is 1. The number of halogens is 2. The number of rotatable bonds is 3. The molecule has 0 unspecified atom stereocenters. The van der Waals surface area contributed by atoms with E-state index in [0.717, 1.165) is 18.2 Å². The Bertz CT molecular complexity index is 618. The Morgan fingerprint density at radius 3 is 2.16 bits per heavy atom. The highest BCUT2D eigenvalue weighted by Gasteiger charge is 2.26. The zero-order valence-corrected chi connectivity index (χ0v) is 14.6. The van der Waals surface area contributed by atoms with E-state index in [0.29, 0.717) is 26.2 Å². The molecular weight excluding hydrogens is 332 g/mol. The van der Waals surface area contributed by atoms with E-state index in [-0.39, 0.29) is 24.2 Å². The number of amides is 2. The summed E-state index contributed by atoms with van der Waals surface area (Å²) in [6, 6.07) is 2.86. The van der Waals surface area contributed by atoms with E-state index in [1.807, 2.05) is 4.90 Å². The van der Waals surface area contributed by atoms with Crippen molar-refractivity contribution in [1.82, 2.24) is 9.80 Å². The lowest BCUT2D eigenvalue weighted by Crippen LogP contribution is -2.51. The van der Waals surface area contributed by atoms with Gasteiger partial charge in [0.25, 0.3) is 0 Å². The quantitative estimate of drug-likeness (QED) is 0.905. The van der Waals surface area contributed by atoms with Gasteiger partial charge in [-0.15, -0.1) is 0 Å². The van der Waals surface area contributed by atoms with Gasteiger partial charge in [0.05, 0.1) is 6.54 Å². The standard InChI is InChI=1S/C17H23F2N3O3/c1-17(2,3)25-16(24)22-6-4-21(5-7-22)11-15(23)20-14-9-12(18)8-13(19)10-14/h8-10H,4-7,11H2,1-3H3,(H,20,23). The third-order valence-corrected chi connectivity index (χ3v) is 3.54. The number of hydrogen-bond acceptors (Lipinski definition) is 4. The first-order chi connectivity index (χ1) is 11.6. The van der Waals surface area contributed by atoms with Crippen LogP contribution >= 0.6 is 0 Å². The molecule has 0 bridgehead atoms. The van der Waals surface area contributed by atoms with Crippen molar-refractivity contribution in [3.63, 3.8) is 0 Å². The maximum Gasteiger partial charge on any atom is 0.410 e. The summed E-state index contributed by atoms with van der Waals surface area (Å²) in [5.41, 5.74) is -0.469. The van der Waals surface area contributed by atoms with Crippen LogP contribution in [0.2, 0.25) is 0 Å². The summed E-state index contributed by atoms with van der Waals surface area (Å²) in [4.78, 5) is 27.5. The smallest absolute Gasteiger partial charge is 0.410 e. The average molecular weight is 355 g/mol. The first-order valence-corrected chi connectivity index (χ1v) is 8.08. The topological polar surface area (TPSA) is 61.9 Å². The van der Waals surface area contributed by atoms with Crippen LogP contribution in [0.5, 0.6) is 0 Å². The van der Waals surface area contributed by atoms with Crippen molar-refractivity contribution in [1.29, 1.82) is 0 Å². The van der Waals surface area contributed by atoms with Gasteiger partial charge in [-0.05, 0) is 32.9 Å². The molecule has 0 atom stereocenters. The lowest BCUT2D eigenvalue weighted by molar-refractivity contribution is -0.117. The number of carbonyl (C=O) groups excluding carboxylic acids is 2. The van der Waals surface area contributed by atoms with E-state index in [1.165, 1.54) is 0 Å². The van der Waals surface area contributed by atoms with Crippen molar-refractivity contribution in [2.75, 3.05) is 38.0 Å². The molecule has 1 aromatic rings. The van der Waals surface area contributed by atoms with Gasteiger partial charge in [-0.2, -0.15) is 0 Å². The van der Waals surface area contributed by atoms with Crippen LogP contribution in [-0.4, -0.2) is 60.1 Å². The van der Waals surface area contributed by atoms with Gasteiger partial charge in [0, 0.05) is 37.9 Å². The molecule has 25 heavy (non-hydrogen) atoms. The Labute approximate surface area is 145 Å². The third-order valence-electron chi connectivity index (χ3n) is 3.54. The second kappa shape index (κ2) is 7.77. The lowest BCUT2D eigenvalue weighted by Gasteiger charge is -2.35. The second-order valence-corrected chi connectivity index (χ2v) is 6.95. The van der Waals surface area contributed by atoms with Gasteiger partial charge in [-0.3, -0.25) is 9.69 Å². The molecule has 1 aliphatic heterocycles. The van der Waals surface area contributed by atoms with E-state index in [4.69, 9.17) is 4.74 Å². The normalized spacial score (nSPS) is 15.8. The van der Waals surface area contributed by atoms with Crippen LogP contribution in [-0.2, 0) is 9.53 Å². The van der Waals surface area contributed by atoms with Crippen LogP contribution in [0, 0.1) is 11.6 Å². The Morgan fingerprint density at radius 2 is 1.64 bits per heavy atom. The maximum absolute atomic E-state index is 13.1. The molecule has 1 heterocycles. The van der Waals surface area contributed by atoms with Gasteiger partial charge in [-0.1, -0.05) is 0 Å². The van der Waals surface area contributed by atoms with Gasteiger partial charge in [0.2, 0.25) is 5.91 Å². The lowest BCUT2D eigenvalue weighted by atomic mass is 10.2. The van der Waals surface area contributed by atoms with E-state index in [9.17, 15) is 18.4 Å². The van der Waals surface area contributed by atoms with Crippen LogP contribution in [0.15, 0.2) is 18.2 Å². The van der Waals surface area contributed by atoms with Gasteiger partial charge in [0.1, 0.15) is 17.2 Å². The van der Waals surface area contributed by atoms with Crippen molar-refractivity contribution in [3.8, 4) is 0 Å². The molecule has 1 N–H and O–H groups in total. The molecule has 0 aliphatic carbocycles. The molecule has 1 saturated heterocycles. The fraction of sp³-hybridized carbons (Fsp3) is 0.529. The van der Waals surface area contributed by atoms with Crippen LogP contribution in [0.3, 0.4) is 0 Å². The molecule has 8 heteroatoms. The van der Waals surface area contributed by atoms with Crippen molar-refractivity contribution >= 4 is 17.7 Å². The first-order valence-electron chi connectivity index (χ1n) is 8.08. The molecule has 2 amide bonds. The number of nitrogens with one attached hydrogen (secondary N) is 1. The molecule has 0 saturated carbocycles. The number of nitrogens with zero attached hydrogens (tertiary/aromatic N) is 2. The van der Waals surface area contributed by atoms with Crippen LogP contribution in [0.25, 0.3) is 0 Å². The molecule has 6 nitrogen and oxygen atoms in total. The molecule has 0 aromatic heterocycles. The number of piperazine rings is 1. The molecule has 0 spiro atoms. The van der Waals surface area contributed by atoms with E-state index >= 15 is 0 Å². The SMILES string of the molecule is CC(C)(C)OC(=O)N1CCN(CC(=O)Nc2cc(F)cc(F)c2)CC1. The third kappa shape index (κ3) is 6.30. The number of ether oxygens (including phenoxy) is 1. The van der Waals surface area contributed by atoms with Crippen LogP contribution < -0.4 is 5.32 Å². The summed E-state index contributed by atoms with van der Waals surface area (Å²) >= 11 is 0. The fourth-order valence-corrected chi connectivity index (χ4v) is 2.44. The van der Waals surface area contributed by atoms with Gasteiger partial charge in [-0.25, -0.2) is 13.6 Å². The number of carbonyl (C=O) groups is 2. The largest absolute Gasteiger partial charge is 0.444 e. The zero-order valence-electron chi connectivity index (χ0n) is 14.6. The van der Waals surface area contributed by atoms with Crippen molar-refractivity contribution in [2.24, 2.45) is 0 Å². The average Bonchev–Trinajstić information content (AvgIpc) is 2.44. The Hall–Kier alpha value is -2.22. The predicted molar refractivity (Wildman–Crippen MR) is 89.2 cm³/mol. The minimum atomic E-state index is -0.749. The Balaban J connectivity index is 1.79. The summed E-state index contributed by atoms with van der Waals surface area (Å²) in [6.45, 7) is 7.45. The van der Waals surface area contributed by atoms with E-state index in [2.05, 4.69) is 5.32 Å². The monoisotopic (exact) mass is 355 g/mol. The van der Waals surface area contributed by atoms with E-state index < -0.39 is 17.2 Å². The molecule has 2 rings (SSSR count). The minimum Gasteiger partial charge on any atom is -0.444 e. The van der Waals surface area contributed by atoms with Crippen molar-refractivity contribution in [2.45, 2.75) is 26.4 Å². The maximum atomic E-state index is 13.1. The highest BCUT2D eigenvalue weighted by molar-refractivity contribution is 5.92. The summed E-state index contributed by atoms with van der Waals surface area (Å²) in [5.74, 6) is -1.86. The predicted octanol–water partition coefficient (Wildman–Crippen LogP) is 2.46. The molecule has 1 aromatic carbocycles. The summed E-state index contributed by atoms with van der Waals surface area (Å²) < 4.78 is 31.6. The molecule has 1 fully saturated rings.